The van der Waals surface area contributed by atoms with Crippen LogP contribution in [0.25, 0.3) is 0 Å². The van der Waals surface area contributed by atoms with Crippen LogP contribution in [0.3, 0.4) is 0 Å². The van der Waals surface area contributed by atoms with Crippen molar-refractivity contribution in [2.45, 2.75) is 12.5 Å². The van der Waals surface area contributed by atoms with E-state index in [9.17, 15) is 4.79 Å². The monoisotopic (exact) mass is 291 g/mol. The summed E-state index contributed by atoms with van der Waals surface area (Å²) in [6.07, 6.45) is 4.41. The molecule has 1 amide bonds. The number of nitrogens with zero attached hydrogens (tertiary/aromatic N) is 2. The molecule has 1 saturated heterocycles. The maximum Gasteiger partial charge on any atom is 0.255 e. The van der Waals surface area contributed by atoms with Crippen molar-refractivity contribution in [3.8, 4) is 0 Å². The van der Waals surface area contributed by atoms with Crippen molar-refractivity contribution < 1.29 is 9.53 Å². The van der Waals surface area contributed by atoms with Crippen molar-refractivity contribution in [1.82, 2.24) is 9.78 Å². The first-order valence-electron chi connectivity index (χ1n) is 6.41. The van der Waals surface area contributed by atoms with E-state index in [4.69, 9.17) is 16.3 Å². The van der Waals surface area contributed by atoms with Gasteiger partial charge in [0, 0.05) is 23.4 Å². The fourth-order valence-corrected chi connectivity index (χ4v) is 2.36. The standard InChI is InChI=1S/C14H14ClN3O2/c15-11-3-1-2-10(6-11)14(19)17-12-7-16-18(8-12)13-4-5-20-9-13/h1-3,6-8,13H,4-5,9H2,(H,17,19)/t13-/m1/s1. The Kier molecular flexibility index (Phi) is 3.71. The lowest BCUT2D eigenvalue weighted by Gasteiger charge is -2.07. The van der Waals surface area contributed by atoms with E-state index in [1.54, 1.807) is 30.5 Å². The molecule has 1 N–H and O–H groups in total. The van der Waals surface area contributed by atoms with Crippen LogP contribution in [0.1, 0.15) is 22.8 Å². The Hall–Kier alpha value is -1.85. The number of nitrogens with one attached hydrogen (secondary N) is 1. The summed E-state index contributed by atoms with van der Waals surface area (Å²) in [5, 5.41) is 7.60. The zero-order chi connectivity index (χ0) is 13.9. The lowest BCUT2D eigenvalue weighted by molar-refractivity contribution is 0.102. The van der Waals surface area contributed by atoms with E-state index in [0.29, 0.717) is 22.9 Å². The molecule has 1 fully saturated rings. The summed E-state index contributed by atoms with van der Waals surface area (Å²) in [6, 6.07) is 7.09. The van der Waals surface area contributed by atoms with Gasteiger partial charge in [-0.1, -0.05) is 17.7 Å². The van der Waals surface area contributed by atoms with Gasteiger partial charge in [0.1, 0.15) is 0 Å². The summed E-state index contributed by atoms with van der Waals surface area (Å²) in [5.74, 6) is -0.199. The van der Waals surface area contributed by atoms with Gasteiger partial charge in [-0.2, -0.15) is 5.10 Å². The summed E-state index contributed by atoms with van der Waals surface area (Å²) >= 11 is 5.87. The maximum absolute atomic E-state index is 12.1. The van der Waals surface area contributed by atoms with Crippen LogP contribution in [-0.4, -0.2) is 28.9 Å². The van der Waals surface area contributed by atoms with Crippen molar-refractivity contribution in [3.63, 3.8) is 0 Å². The van der Waals surface area contributed by atoms with Crippen molar-refractivity contribution in [3.05, 3.63) is 47.2 Å². The second-order valence-electron chi connectivity index (χ2n) is 4.69. The van der Waals surface area contributed by atoms with Gasteiger partial charge in [-0.25, -0.2) is 0 Å². The molecule has 1 atom stereocenters. The molecular weight excluding hydrogens is 278 g/mol. The third-order valence-corrected chi connectivity index (χ3v) is 3.46. The molecule has 3 rings (SSSR count). The molecule has 104 valence electrons. The molecule has 0 spiro atoms. The summed E-state index contributed by atoms with van der Waals surface area (Å²) in [7, 11) is 0. The van der Waals surface area contributed by atoms with Gasteiger partial charge in [-0.15, -0.1) is 0 Å². The maximum atomic E-state index is 12.1. The first kappa shape index (κ1) is 13.1. The molecule has 0 bridgehead atoms. The second kappa shape index (κ2) is 5.64. The second-order valence-corrected chi connectivity index (χ2v) is 5.13. The van der Waals surface area contributed by atoms with E-state index in [1.165, 1.54) is 0 Å². The number of rotatable bonds is 3. The van der Waals surface area contributed by atoms with E-state index in [1.807, 2.05) is 10.9 Å². The van der Waals surface area contributed by atoms with Crippen molar-refractivity contribution >= 4 is 23.2 Å². The number of ether oxygens (including phenoxy) is 1. The van der Waals surface area contributed by atoms with Gasteiger partial charge in [0.2, 0.25) is 0 Å². The lowest BCUT2D eigenvalue weighted by atomic mass is 10.2. The van der Waals surface area contributed by atoms with E-state index in [-0.39, 0.29) is 11.9 Å². The number of aromatic nitrogens is 2. The summed E-state index contributed by atoms with van der Waals surface area (Å²) < 4.78 is 7.16. The number of amides is 1. The lowest BCUT2D eigenvalue weighted by Crippen LogP contribution is -2.12. The highest BCUT2D eigenvalue weighted by atomic mass is 35.5. The zero-order valence-electron chi connectivity index (χ0n) is 10.8. The molecule has 5 nitrogen and oxygen atoms in total. The van der Waals surface area contributed by atoms with Crippen molar-refractivity contribution in [2.24, 2.45) is 0 Å². The quantitative estimate of drug-likeness (QED) is 0.946. The Labute approximate surface area is 121 Å². The molecule has 1 aliphatic rings. The van der Waals surface area contributed by atoms with Gasteiger partial charge in [-0.05, 0) is 24.6 Å². The van der Waals surface area contributed by atoms with Gasteiger partial charge in [-0.3, -0.25) is 9.48 Å². The highest BCUT2D eigenvalue weighted by Crippen LogP contribution is 2.20. The van der Waals surface area contributed by atoms with Crippen LogP contribution in [-0.2, 0) is 4.74 Å². The molecule has 2 heterocycles. The predicted molar refractivity (Wildman–Crippen MR) is 76.1 cm³/mol. The van der Waals surface area contributed by atoms with E-state index in [0.717, 1.165) is 13.0 Å². The number of carbonyl (C=O) groups is 1. The first-order chi connectivity index (χ1) is 9.72. The number of hydrogen-bond acceptors (Lipinski definition) is 3. The van der Waals surface area contributed by atoms with Crippen molar-refractivity contribution in [1.29, 1.82) is 0 Å². The van der Waals surface area contributed by atoms with E-state index >= 15 is 0 Å². The third kappa shape index (κ3) is 2.84. The molecule has 20 heavy (non-hydrogen) atoms. The van der Waals surface area contributed by atoms with Crippen LogP contribution >= 0.6 is 11.6 Å². The smallest absolute Gasteiger partial charge is 0.255 e. The summed E-state index contributed by atoms with van der Waals surface area (Å²) in [4.78, 5) is 12.1. The number of halogens is 1. The van der Waals surface area contributed by atoms with Gasteiger partial charge >= 0.3 is 0 Å². The van der Waals surface area contributed by atoms with Crippen LogP contribution in [0.15, 0.2) is 36.7 Å². The first-order valence-corrected chi connectivity index (χ1v) is 6.79. The largest absolute Gasteiger partial charge is 0.379 e. The van der Waals surface area contributed by atoms with Gasteiger partial charge in [0.25, 0.3) is 5.91 Å². The number of anilines is 1. The topological polar surface area (TPSA) is 56.2 Å². The normalized spacial score (nSPS) is 18.1. The molecule has 0 aliphatic carbocycles. The van der Waals surface area contributed by atoms with Crippen LogP contribution < -0.4 is 5.32 Å². The SMILES string of the molecule is O=C(Nc1cnn([C@@H]2CCOC2)c1)c1cccc(Cl)c1. The van der Waals surface area contributed by atoms with E-state index in [2.05, 4.69) is 10.4 Å². The van der Waals surface area contributed by atoms with Crippen LogP contribution in [0, 0.1) is 0 Å². The molecule has 1 aromatic carbocycles. The summed E-state index contributed by atoms with van der Waals surface area (Å²) in [5.41, 5.74) is 1.19. The minimum Gasteiger partial charge on any atom is -0.379 e. The molecule has 2 aromatic rings. The Bertz CT molecular complexity index is 620. The fraction of sp³-hybridized carbons (Fsp3) is 0.286. The average Bonchev–Trinajstić information content (AvgIpc) is 3.08. The molecular formula is C14H14ClN3O2. The zero-order valence-corrected chi connectivity index (χ0v) is 11.5. The number of carbonyl (C=O) groups excluding carboxylic acids is 1. The van der Waals surface area contributed by atoms with Gasteiger partial charge in [0.15, 0.2) is 0 Å². The molecule has 1 aliphatic heterocycles. The highest BCUT2D eigenvalue weighted by Gasteiger charge is 2.18. The third-order valence-electron chi connectivity index (χ3n) is 3.23. The fourth-order valence-electron chi connectivity index (χ4n) is 2.17. The van der Waals surface area contributed by atoms with Crippen LogP contribution in [0.4, 0.5) is 5.69 Å². The van der Waals surface area contributed by atoms with Gasteiger partial charge < -0.3 is 10.1 Å². The Morgan fingerprint density at radius 2 is 2.40 bits per heavy atom. The molecule has 0 saturated carbocycles. The molecule has 1 aromatic heterocycles. The molecule has 6 heteroatoms. The van der Waals surface area contributed by atoms with Crippen LogP contribution in [0.2, 0.25) is 5.02 Å². The Morgan fingerprint density at radius 1 is 1.50 bits per heavy atom. The molecule has 0 unspecified atom stereocenters. The molecule has 0 radical (unpaired) electrons. The highest BCUT2D eigenvalue weighted by molar-refractivity contribution is 6.31. The Morgan fingerprint density at radius 3 is 3.15 bits per heavy atom. The Balaban J connectivity index is 1.70. The predicted octanol–water partition coefficient (Wildman–Crippen LogP) is 2.75. The average molecular weight is 292 g/mol. The van der Waals surface area contributed by atoms with Crippen LogP contribution in [0.5, 0.6) is 0 Å². The van der Waals surface area contributed by atoms with Gasteiger partial charge in [0.05, 0.1) is 24.5 Å². The van der Waals surface area contributed by atoms with Crippen molar-refractivity contribution in [2.75, 3.05) is 18.5 Å². The number of hydrogen-bond donors (Lipinski definition) is 1. The minimum absolute atomic E-state index is 0.199. The van der Waals surface area contributed by atoms with E-state index < -0.39 is 0 Å². The minimum atomic E-state index is -0.199. The number of benzene rings is 1. The summed E-state index contributed by atoms with van der Waals surface area (Å²) in [6.45, 7) is 1.43.